The zero-order valence-corrected chi connectivity index (χ0v) is 15.5. The van der Waals surface area contributed by atoms with Gasteiger partial charge in [-0.1, -0.05) is 48.5 Å². The lowest BCUT2D eigenvalue weighted by molar-refractivity contribution is -0.143. The molecule has 1 saturated heterocycles. The van der Waals surface area contributed by atoms with Crippen LogP contribution in [0, 0.1) is 12.8 Å². The van der Waals surface area contributed by atoms with Crippen molar-refractivity contribution in [2.24, 2.45) is 5.92 Å². The summed E-state index contributed by atoms with van der Waals surface area (Å²) in [5, 5.41) is 10.5. The number of aliphatic carboxylic acids is 1. The van der Waals surface area contributed by atoms with Crippen molar-refractivity contribution < 1.29 is 9.90 Å². The number of aromatic nitrogens is 1. The average molecular weight is 360 g/mol. The molecule has 1 atom stereocenters. The molecule has 2 heterocycles. The number of benzene rings is 2. The van der Waals surface area contributed by atoms with E-state index in [1.54, 1.807) is 0 Å². The van der Waals surface area contributed by atoms with Gasteiger partial charge in [0.05, 0.1) is 23.2 Å². The van der Waals surface area contributed by atoms with Crippen molar-refractivity contribution in [1.82, 2.24) is 9.88 Å². The number of carboxylic acids is 1. The molecule has 1 unspecified atom stereocenters. The number of aryl methyl sites for hydroxylation is 1. The molecule has 0 aliphatic carbocycles. The Kier molecular flexibility index (Phi) is 4.90. The van der Waals surface area contributed by atoms with Crippen molar-refractivity contribution in [3.05, 3.63) is 77.5 Å². The Morgan fingerprint density at radius 2 is 1.74 bits per heavy atom. The minimum absolute atomic E-state index is 0.0468. The third-order valence-electron chi connectivity index (χ3n) is 5.63. The third kappa shape index (κ3) is 3.58. The van der Waals surface area contributed by atoms with Gasteiger partial charge in [0.25, 0.3) is 0 Å². The maximum Gasteiger partial charge on any atom is 0.306 e. The Hall–Kier alpha value is -2.72. The van der Waals surface area contributed by atoms with Gasteiger partial charge in [-0.3, -0.25) is 14.7 Å². The van der Waals surface area contributed by atoms with Crippen LogP contribution in [0.15, 0.2) is 60.7 Å². The van der Waals surface area contributed by atoms with Gasteiger partial charge in [-0.2, -0.15) is 0 Å². The number of piperidine rings is 1. The summed E-state index contributed by atoms with van der Waals surface area (Å²) in [6.45, 7) is 3.67. The standard InChI is InChI=1S/C23H24N2O2/c1-16-6-2-4-8-19(16)22(25-14-12-18(13-15-25)23(26)27)21-11-10-17-7-3-5-9-20(17)24-21/h2-11,18,22H,12-15H2,1H3,(H,26,27). The fourth-order valence-electron chi connectivity index (χ4n) is 4.08. The largest absolute Gasteiger partial charge is 0.481 e. The lowest BCUT2D eigenvalue weighted by Gasteiger charge is -2.37. The van der Waals surface area contributed by atoms with Crippen LogP contribution in [0.25, 0.3) is 10.9 Å². The normalized spacial score (nSPS) is 17.1. The molecule has 4 heteroatoms. The Balaban J connectivity index is 1.74. The van der Waals surface area contributed by atoms with Crippen LogP contribution in [-0.4, -0.2) is 34.0 Å². The van der Waals surface area contributed by atoms with Gasteiger partial charge in [-0.25, -0.2) is 0 Å². The van der Waals surface area contributed by atoms with Crippen molar-refractivity contribution in [1.29, 1.82) is 0 Å². The lowest BCUT2D eigenvalue weighted by atomic mass is 9.91. The van der Waals surface area contributed by atoms with Gasteiger partial charge in [-0.15, -0.1) is 0 Å². The second kappa shape index (κ2) is 7.49. The van der Waals surface area contributed by atoms with Crippen LogP contribution in [0.2, 0.25) is 0 Å². The predicted octanol–water partition coefficient (Wildman–Crippen LogP) is 4.43. The van der Waals surface area contributed by atoms with E-state index in [-0.39, 0.29) is 12.0 Å². The minimum atomic E-state index is -0.675. The molecule has 27 heavy (non-hydrogen) atoms. The fourth-order valence-corrected chi connectivity index (χ4v) is 4.08. The molecule has 0 amide bonds. The van der Waals surface area contributed by atoms with Gasteiger partial charge in [0.2, 0.25) is 0 Å². The molecule has 0 radical (unpaired) electrons. The highest BCUT2D eigenvalue weighted by Gasteiger charge is 2.31. The fraction of sp³-hybridized carbons (Fsp3) is 0.304. The first-order chi connectivity index (χ1) is 13.1. The molecule has 138 valence electrons. The number of likely N-dealkylation sites (tertiary alicyclic amines) is 1. The van der Waals surface area contributed by atoms with Gasteiger partial charge in [0.15, 0.2) is 0 Å². The van der Waals surface area contributed by atoms with Gasteiger partial charge in [0, 0.05) is 5.39 Å². The van der Waals surface area contributed by atoms with Crippen LogP contribution in [-0.2, 0) is 4.79 Å². The maximum absolute atomic E-state index is 11.3. The van der Waals surface area contributed by atoms with Gasteiger partial charge in [-0.05, 0) is 56.1 Å². The van der Waals surface area contributed by atoms with Crippen LogP contribution in [0.3, 0.4) is 0 Å². The highest BCUT2D eigenvalue weighted by molar-refractivity contribution is 5.78. The van der Waals surface area contributed by atoms with Crippen LogP contribution >= 0.6 is 0 Å². The van der Waals surface area contributed by atoms with Crippen LogP contribution in [0.4, 0.5) is 0 Å². The van der Waals surface area contributed by atoms with E-state index in [1.807, 2.05) is 18.2 Å². The summed E-state index contributed by atoms with van der Waals surface area (Å²) in [5.74, 6) is -0.908. The van der Waals surface area contributed by atoms with Crippen molar-refractivity contribution in [3.63, 3.8) is 0 Å². The van der Waals surface area contributed by atoms with E-state index in [9.17, 15) is 9.90 Å². The first kappa shape index (κ1) is 17.7. The molecule has 4 nitrogen and oxygen atoms in total. The molecule has 3 aromatic rings. The first-order valence-corrected chi connectivity index (χ1v) is 9.51. The number of nitrogens with zero attached hydrogens (tertiary/aromatic N) is 2. The van der Waals surface area contributed by atoms with Crippen LogP contribution in [0.1, 0.15) is 35.7 Å². The summed E-state index contributed by atoms with van der Waals surface area (Å²) >= 11 is 0. The molecule has 1 aliphatic rings. The molecule has 2 aromatic carbocycles. The highest BCUT2D eigenvalue weighted by Crippen LogP contribution is 2.34. The van der Waals surface area contributed by atoms with Crippen molar-refractivity contribution in [2.45, 2.75) is 25.8 Å². The SMILES string of the molecule is Cc1ccccc1C(c1ccc2ccccc2n1)N1CCC(C(=O)O)CC1. The van der Waals surface area contributed by atoms with Gasteiger partial charge < -0.3 is 5.11 Å². The molecule has 4 rings (SSSR count). The number of para-hydroxylation sites is 1. The molecule has 1 aromatic heterocycles. The molecule has 1 N–H and O–H groups in total. The Labute approximate surface area is 159 Å². The molecular weight excluding hydrogens is 336 g/mol. The number of hydrogen-bond donors (Lipinski definition) is 1. The van der Waals surface area contributed by atoms with E-state index in [0.29, 0.717) is 12.8 Å². The van der Waals surface area contributed by atoms with Crippen molar-refractivity contribution in [2.75, 3.05) is 13.1 Å². The van der Waals surface area contributed by atoms with Gasteiger partial charge in [0.1, 0.15) is 0 Å². The Morgan fingerprint density at radius 3 is 2.48 bits per heavy atom. The van der Waals surface area contributed by atoms with E-state index in [4.69, 9.17) is 4.98 Å². The molecule has 1 fully saturated rings. The van der Waals surface area contributed by atoms with Crippen LogP contribution < -0.4 is 0 Å². The topological polar surface area (TPSA) is 53.4 Å². The smallest absolute Gasteiger partial charge is 0.306 e. The Bertz CT molecular complexity index is 961. The minimum Gasteiger partial charge on any atom is -0.481 e. The number of hydrogen-bond acceptors (Lipinski definition) is 3. The number of carboxylic acid groups (broad SMARTS) is 1. The summed E-state index contributed by atoms with van der Waals surface area (Å²) in [6, 6.07) is 20.9. The summed E-state index contributed by atoms with van der Waals surface area (Å²) in [5.41, 5.74) is 4.50. The maximum atomic E-state index is 11.3. The average Bonchev–Trinajstić information content (AvgIpc) is 2.70. The molecule has 0 spiro atoms. The zero-order valence-electron chi connectivity index (χ0n) is 15.5. The Morgan fingerprint density at radius 1 is 1.04 bits per heavy atom. The predicted molar refractivity (Wildman–Crippen MR) is 107 cm³/mol. The molecule has 1 aliphatic heterocycles. The zero-order chi connectivity index (χ0) is 18.8. The number of rotatable bonds is 4. The van der Waals surface area contributed by atoms with E-state index >= 15 is 0 Å². The quantitative estimate of drug-likeness (QED) is 0.748. The van der Waals surface area contributed by atoms with E-state index in [1.165, 1.54) is 11.1 Å². The molecule has 0 bridgehead atoms. The summed E-state index contributed by atoms with van der Waals surface area (Å²) < 4.78 is 0. The second-order valence-corrected chi connectivity index (χ2v) is 7.34. The first-order valence-electron chi connectivity index (χ1n) is 9.51. The van der Waals surface area contributed by atoms with Gasteiger partial charge >= 0.3 is 5.97 Å². The number of fused-ring (bicyclic) bond motifs is 1. The molecule has 0 saturated carbocycles. The third-order valence-corrected chi connectivity index (χ3v) is 5.63. The lowest BCUT2D eigenvalue weighted by Crippen LogP contribution is -2.39. The van der Waals surface area contributed by atoms with Crippen molar-refractivity contribution in [3.8, 4) is 0 Å². The second-order valence-electron chi connectivity index (χ2n) is 7.34. The number of pyridine rings is 1. The summed E-state index contributed by atoms with van der Waals surface area (Å²) in [7, 11) is 0. The summed E-state index contributed by atoms with van der Waals surface area (Å²) in [6.07, 6.45) is 1.37. The highest BCUT2D eigenvalue weighted by atomic mass is 16.4. The monoisotopic (exact) mass is 360 g/mol. The number of carbonyl (C=O) groups is 1. The summed E-state index contributed by atoms with van der Waals surface area (Å²) in [4.78, 5) is 18.7. The molecular formula is C23H24N2O2. The van der Waals surface area contributed by atoms with E-state index < -0.39 is 5.97 Å². The van der Waals surface area contributed by atoms with Crippen LogP contribution in [0.5, 0.6) is 0 Å². The van der Waals surface area contributed by atoms with E-state index in [0.717, 1.165) is 29.7 Å². The van der Waals surface area contributed by atoms with Crippen molar-refractivity contribution >= 4 is 16.9 Å². The van der Waals surface area contributed by atoms with E-state index in [2.05, 4.69) is 54.3 Å².